The summed E-state index contributed by atoms with van der Waals surface area (Å²) in [6.07, 6.45) is -1.21. The number of Topliss-reactive ketones (excluding diaryl/α,β-unsaturated/α-hetero) is 1. The molecule has 0 saturated carbocycles. The number of nitrogens with one attached hydrogen (secondary N) is 1. The molecular formula is C18H17F2NO4S. The fraction of sp³-hybridized carbons (Fsp3) is 0.278. The quantitative estimate of drug-likeness (QED) is 0.627. The van der Waals surface area contributed by atoms with E-state index in [0.717, 1.165) is 23.1 Å². The molecule has 1 unspecified atom stereocenters. The third kappa shape index (κ3) is 4.13. The number of ketones is 1. The molecule has 0 aliphatic carbocycles. The number of thiophene rings is 1. The molecule has 1 aromatic heterocycles. The van der Waals surface area contributed by atoms with Gasteiger partial charge in [0.15, 0.2) is 17.7 Å². The summed E-state index contributed by atoms with van der Waals surface area (Å²) in [6, 6.07) is 2.71. The van der Waals surface area contributed by atoms with Crippen molar-refractivity contribution in [2.75, 3.05) is 5.32 Å². The standard InChI is InChI=1S/C18H17F2NO4S/c1-8-10(3)26-17(21-11(4)22)15(8)18(24)25-9(2)16(23)12-5-6-13(19)14(20)7-12/h5-7,9H,1-4H3,(H,21,22). The topological polar surface area (TPSA) is 72.5 Å². The molecule has 2 aromatic rings. The van der Waals surface area contributed by atoms with Crippen molar-refractivity contribution in [1.82, 2.24) is 0 Å². The van der Waals surface area contributed by atoms with Gasteiger partial charge < -0.3 is 10.1 Å². The molecule has 2 rings (SSSR count). The number of carbonyl (C=O) groups is 3. The van der Waals surface area contributed by atoms with E-state index in [9.17, 15) is 23.2 Å². The van der Waals surface area contributed by atoms with Crippen molar-refractivity contribution in [3.05, 3.63) is 51.4 Å². The molecule has 0 spiro atoms. The molecule has 5 nitrogen and oxygen atoms in total. The second-order valence-corrected chi connectivity index (χ2v) is 6.93. The van der Waals surface area contributed by atoms with E-state index in [1.165, 1.54) is 25.2 Å². The number of hydrogen-bond donors (Lipinski definition) is 1. The number of amides is 1. The number of rotatable bonds is 5. The van der Waals surface area contributed by atoms with Crippen LogP contribution in [0.25, 0.3) is 0 Å². The first kappa shape index (κ1) is 19.7. The normalized spacial score (nSPS) is 11.8. The summed E-state index contributed by atoms with van der Waals surface area (Å²) in [4.78, 5) is 36.9. The maximum absolute atomic E-state index is 13.3. The van der Waals surface area contributed by atoms with Crippen molar-refractivity contribution >= 4 is 34.0 Å². The van der Waals surface area contributed by atoms with Crippen LogP contribution in [0.3, 0.4) is 0 Å². The summed E-state index contributed by atoms with van der Waals surface area (Å²) < 4.78 is 31.5. The van der Waals surface area contributed by atoms with Gasteiger partial charge in [0.2, 0.25) is 11.7 Å². The minimum atomic E-state index is -1.21. The first-order chi connectivity index (χ1) is 12.1. The summed E-state index contributed by atoms with van der Waals surface area (Å²) >= 11 is 1.22. The van der Waals surface area contributed by atoms with Gasteiger partial charge in [-0.15, -0.1) is 11.3 Å². The van der Waals surface area contributed by atoms with E-state index >= 15 is 0 Å². The Morgan fingerprint density at radius 1 is 1.15 bits per heavy atom. The number of ether oxygens (including phenoxy) is 1. The minimum absolute atomic E-state index is 0.107. The van der Waals surface area contributed by atoms with Crippen LogP contribution in [0, 0.1) is 25.5 Å². The maximum atomic E-state index is 13.3. The van der Waals surface area contributed by atoms with Gasteiger partial charge in [0.25, 0.3) is 0 Å². The van der Waals surface area contributed by atoms with Gasteiger partial charge in [-0.2, -0.15) is 0 Å². The van der Waals surface area contributed by atoms with Crippen molar-refractivity contribution in [3.8, 4) is 0 Å². The lowest BCUT2D eigenvalue weighted by Gasteiger charge is -2.13. The highest BCUT2D eigenvalue weighted by Gasteiger charge is 2.26. The van der Waals surface area contributed by atoms with E-state index < -0.39 is 29.5 Å². The van der Waals surface area contributed by atoms with E-state index in [2.05, 4.69) is 5.32 Å². The van der Waals surface area contributed by atoms with Gasteiger partial charge >= 0.3 is 5.97 Å². The predicted molar refractivity (Wildman–Crippen MR) is 93.7 cm³/mol. The van der Waals surface area contributed by atoms with Crippen molar-refractivity contribution in [3.63, 3.8) is 0 Å². The number of carbonyl (C=O) groups excluding carboxylic acids is 3. The average Bonchev–Trinajstić information content (AvgIpc) is 2.82. The van der Waals surface area contributed by atoms with E-state index in [4.69, 9.17) is 4.74 Å². The third-order valence-corrected chi connectivity index (χ3v) is 4.86. The zero-order valence-corrected chi connectivity index (χ0v) is 15.4. The van der Waals surface area contributed by atoms with Crippen LogP contribution < -0.4 is 5.32 Å². The van der Waals surface area contributed by atoms with E-state index in [1.54, 1.807) is 13.8 Å². The van der Waals surface area contributed by atoms with Gasteiger partial charge in [0, 0.05) is 17.4 Å². The average molecular weight is 381 g/mol. The third-order valence-electron chi connectivity index (χ3n) is 3.74. The lowest BCUT2D eigenvalue weighted by Crippen LogP contribution is -2.25. The lowest BCUT2D eigenvalue weighted by atomic mass is 10.1. The van der Waals surface area contributed by atoms with E-state index in [0.29, 0.717) is 10.6 Å². The molecule has 0 aliphatic rings. The smallest absolute Gasteiger partial charge is 0.342 e. The number of hydrogen-bond acceptors (Lipinski definition) is 5. The Bertz CT molecular complexity index is 892. The molecule has 0 bridgehead atoms. The number of anilines is 1. The first-order valence-electron chi connectivity index (χ1n) is 7.69. The Balaban J connectivity index is 2.22. The summed E-state index contributed by atoms with van der Waals surface area (Å²) in [5, 5.41) is 2.90. The van der Waals surface area contributed by atoms with Gasteiger partial charge in [-0.1, -0.05) is 0 Å². The number of aryl methyl sites for hydroxylation is 1. The van der Waals surface area contributed by atoms with Crippen LogP contribution in [0.1, 0.15) is 45.0 Å². The van der Waals surface area contributed by atoms with Gasteiger partial charge in [-0.05, 0) is 44.5 Å². The van der Waals surface area contributed by atoms with Gasteiger partial charge in [-0.3, -0.25) is 9.59 Å². The van der Waals surface area contributed by atoms with Crippen molar-refractivity contribution in [1.29, 1.82) is 0 Å². The fourth-order valence-electron chi connectivity index (χ4n) is 2.28. The van der Waals surface area contributed by atoms with Crippen LogP contribution in [0.4, 0.5) is 13.8 Å². The Kier molecular flexibility index (Phi) is 5.86. The molecule has 0 aliphatic heterocycles. The highest BCUT2D eigenvalue weighted by Crippen LogP contribution is 2.33. The summed E-state index contributed by atoms with van der Waals surface area (Å²) in [5.41, 5.74) is 0.702. The van der Waals surface area contributed by atoms with Gasteiger partial charge in [-0.25, -0.2) is 13.6 Å². The molecule has 0 fully saturated rings. The Morgan fingerprint density at radius 3 is 2.38 bits per heavy atom. The van der Waals surface area contributed by atoms with Crippen LogP contribution >= 0.6 is 11.3 Å². The van der Waals surface area contributed by atoms with Gasteiger partial charge in [0.1, 0.15) is 5.00 Å². The van der Waals surface area contributed by atoms with Crippen molar-refractivity contribution < 1.29 is 27.9 Å². The molecular weight excluding hydrogens is 364 g/mol. The molecule has 138 valence electrons. The minimum Gasteiger partial charge on any atom is -0.451 e. The molecule has 1 aromatic carbocycles. The molecule has 1 atom stereocenters. The zero-order chi connectivity index (χ0) is 19.6. The van der Waals surface area contributed by atoms with Crippen LogP contribution in [0.15, 0.2) is 18.2 Å². The first-order valence-corrected chi connectivity index (χ1v) is 8.51. The Hall–Kier alpha value is -2.61. The Morgan fingerprint density at radius 2 is 1.81 bits per heavy atom. The second kappa shape index (κ2) is 7.74. The summed E-state index contributed by atoms with van der Waals surface area (Å²) in [6.45, 7) is 6.15. The molecule has 0 saturated heterocycles. The number of benzene rings is 1. The zero-order valence-electron chi connectivity index (χ0n) is 14.6. The molecule has 1 heterocycles. The highest BCUT2D eigenvalue weighted by molar-refractivity contribution is 7.16. The predicted octanol–water partition coefficient (Wildman–Crippen LogP) is 4.03. The van der Waals surface area contributed by atoms with Crippen LogP contribution in [-0.4, -0.2) is 23.8 Å². The second-order valence-electron chi connectivity index (χ2n) is 5.71. The van der Waals surface area contributed by atoms with Crippen molar-refractivity contribution in [2.45, 2.75) is 33.8 Å². The molecule has 1 amide bonds. The maximum Gasteiger partial charge on any atom is 0.342 e. The van der Waals surface area contributed by atoms with Crippen LogP contribution in [0.2, 0.25) is 0 Å². The molecule has 8 heteroatoms. The molecule has 0 radical (unpaired) electrons. The Labute approximate surface area is 153 Å². The van der Waals surface area contributed by atoms with Gasteiger partial charge in [0.05, 0.1) is 5.56 Å². The van der Waals surface area contributed by atoms with Crippen molar-refractivity contribution in [2.24, 2.45) is 0 Å². The SMILES string of the molecule is CC(=O)Nc1sc(C)c(C)c1C(=O)OC(C)C(=O)c1ccc(F)c(F)c1. The largest absolute Gasteiger partial charge is 0.451 e. The van der Waals surface area contributed by atoms with Crippen LogP contribution in [-0.2, 0) is 9.53 Å². The number of halogens is 2. The fourth-order valence-corrected chi connectivity index (χ4v) is 3.37. The van der Waals surface area contributed by atoms with E-state index in [1.807, 2.05) is 0 Å². The lowest BCUT2D eigenvalue weighted by molar-refractivity contribution is -0.114. The monoisotopic (exact) mass is 381 g/mol. The number of esters is 1. The summed E-state index contributed by atoms with van der Waals surface area (Å²) in [7, 11) is 0. The molecule has 1 N–H and O–H groups in total. The van der Waals surface area contributed by atoms with Crippen LogP contribution in [0.5, 0.6) is 0 Å². The highest BCUT2D eigenvalue weighted by atomic mass is 32.1. The molecule has 26 heavy (non-hydrogen) atoms. The summed E-state index contributed by atoms with van der Waals surface area (Å²) in [5.74, 6) is -4.02. The van der Waals surface area contributed by atoms with E-state index in [-0.39, 0.29) is 17.0 Å².